The number of nitrogens with one attached hydrogen (secondary N) is 1. The zero-order valence-electron chi connectivity index (χ0n) is 26.0. The maximum atomic E-state index is 12.1. The van der Waals surface area contributed by atoms with E-state index in [4.69, 9.17) is 18.9 Å². The number of benzene rings is 1. The molecule has 1 fully saturated rings. The van der Waals surface area contributed by atoms with Gasteiger partial charge in [-0.3, -0.25) is 24.1 Å². The van der Waals surface area contributed by atoms with Gasteiger partial charge in [0.1, 0.15) is 18.1 Å². The molecule has 2 heterocycles. The molecule has 13 heteroatoms. The SMILES string of the molecule is CC.CC.O=COCc1ccc(OC2CC(O)CC(C(=O)O)O2)cc1OCCCNC(=O)CCCCCN1C(=O)C=CC1=O. The van der Waals surface area contributed by atoms with Crippen LogP contribution in [0.1, 0.15) is 78.2 Å². The zero-order chi connectivity index (χ0) is 32.9. The fraction of sp³-hybridized carbons (Fsp3) is 0.581. The minimum Gasteiger partial charge on any atom is -0.493 e. The molecule has 2 aliphatic heterocycles. The largest absolute Gasteiger partial charge is 0.493 e. The fourth-order valence-electron chi connectivity index (χ4n) is 4.19. The first-order chi connectivity index (χ1) is 21.3. The van der Waals surface area contributed by atoms with Crippen molar-refractivity contribution in [2.24, 2.45) is 0 Å². The van der Waals surface area contributed by atoms with E-state index >= 15 is 0 Å². The average Bonchev–Trinajstić information content (AvgIpc) is 3.34. The van der Waals surface area contributed by atoms with Crippen molar-refractivity contribution in [3.8, 4) is 11.5 Å². The molecular weight excluding hydrogens is 576 g/mol. The quantitative estimate of drug-likeness (QED) is 0.132. The van der Waals surface area contributed by atoms with Crippen molar-refractivity contribution >= 4 is 30.2 Å². The van der Waals surface area contributed by atoms with Gasteiger partial charge in [0.15, 0.2) is 6.10 Å². The first-order valence-electron chi connectivity index (χ1n) is 15.1. The van der Waals surface area contributed by atoms with Crippen molar-refractivity contribution in [2.75, 3.05) is 19.7 Å². The Bertz CT molecular complexity index is 1070. The van der Waals surface area contributed by atoms with Gasteiger partial charge < -0.3 is 34.5 Å². The van der Waals surface area contributed by atoms with E-state index in [1.807, 2.05) is 27.7 Å². The Hall–Kier alpha value is -3.97. The lowest BCUT2D eigenvalue weighted by Gasteiger charge is -2.31. The molecule has 3 N–H and O–H groups in total. The lowest BCUT2D eigenvalue weighted by molar-refractivity contribution is -0.195. The summed E-state index contributed by atoms with van der Waals surface area (Å²) in [4.78, 5) is 58.2. The molecule has 246 valence electrons. The zero-order valence-corrected chi connectivity index (χ0v) is 26.0. The molecule has 0 spiro atoms. The van der Waals surface area contributed by atoms with Crippen LogP contribution in [0.25, 0.3) is 0 Å². The van der Waals surface area contributed by atoms with Crippen LogP contribution >= 0.6 is 0 Å². The second-order valence-electron chi connectivity index (χ2n) is 9.34. The number of carbonyl (C=O) groups excluding carboxylic acids is 4. The summed E-state index contributed by atoms with van der Waals surface area (Å²) in [7, 11) is 0. The minimum absolute atomic E-state index is 0.0248. The summed E-state index contributed by atoms with van der Waals surface area (Å²) in [6.07, 6.45) is 2.35. The summed E-state index contributed by atoms with van der Waals surface area (Å²) in [5.41, 5.74) is 0.574. The number of nitrogens with zero attached hydrogens (tertiary/aromatic N) is 1. The van der Waals surface area contributed by atoms with Gasteiger partial charge in [0, 0.05) is 56.1 Å². The number of carbonyl (C=O) groups is 5. The number of unbranched alkanes of at least 4 members (excludes halogenated alkanes) is 2. The summed E-state index contributed by atoms with van der Waals surface area (Å²) in [6.45, 7) is 9.24. The smallest absolute Gasteiger partial charge is 0.333 e. The molecule has 2 aliphatic rings. The molecule has 1 saturated heterocycles. The van der Waals surface area contributed by atoms with Crippen LogP contribution in [-0.4, -0.2) is 83.5 Å². The molecule has 3 atom stereocenters. The molecule has 44 heavy (non-hydrogen) atoms. The Labute approximate surface area is 258 Å². The van der Waals surface area contributed by atoms with E-state index in [0.29, 0.717) is 68.7 Å². The maximum Gasteiger partial charge on any atom is 0.333 e. The van der Waals surface area contributed by atoms with E-state index < -0.39 is 24.5 Å². The van der Waals surface area contributed by atoms with Gasteiger partial charge in [-0.1, -0.05) is 34.1 Å². The second kappa shape index (κ2) is 21.7. The van der Waals surface area contributed by atoms with Crippen LogP contribution in [0, 0.1) is 0 Å². The Morgan fingerprint density at radius 2 is 1.75 bits per heavy atom. The monoisotopic (exact) mass is 622 g/mol. The number of amides is 3. The van der Waals surface area contributed by atoms with E-state index in [2.05, 4.69) is 5.32 Å². The van der Waals surface area contributed by atoms with Gasteiger partial charge in [0.25, 0.3) is 18.3 Å². The third kappa shape index (κ3) is 13.6. The van der Waals surface area contributed by atoms with Crippen LogP contribution in [-0.2, 0) is 40.1 Å². The number of aliphatic hydroxyl groups excluding tert-OH is 1. The first kappa shape index (κ1) is 38.1. The third-order valence-corrected chi connectivity index (χ3v) is 6.24. The van der Waals surface area contributed by atoms with Crippen molar-refractivity contribution in [3.05, 3.63) is 35.9 Å². The number of imide groups is 1. The average molecular weight is 623 g/mol. The van der Waals surface area contributed by atoms with Gasteiger partial charge in [-0.25, -0.2) is 4.79 Å². The van der Waals surface area contributed by atoms with Gasteiger partial charge in [-0.15, -0.1) is 0 Å². The van der Waals surface area contributed by atoms with Crippen molar-refractivity contribution in [2.45, 2.75) is 97.7 Å². The molecule has 3 amide bonds. The highest BCUT2D eigenvalue weighted by atomic mass is 16.7. The van der Waals surface area contributed by atoms with Gasteiger partial charge in [-0.2, -0.15) is 0 Å². The van der Waals surface area contributed by atoms with Crippen LogP contribution in [0.3, 0.4) is 0 Å². The van der Waals surface area contributed by atoms with Crippen molar-refractivity contribution in [3.63, 3.8) is 0 Å². The predicted molar refractivity (Wildman–Crippen MR) is 160 cm³/mol. The van der Waals surface area contributed by atoms with E-state index in [1.54, 1.807) is 18.2 Å². The molecule has 0 aromatic heterocycles. The molecule has 3 unspecified atom stereocenters. The number of aliphatic carboxylic acids is 1. The lowest BCUT2D eigenvalue weighted by atomic mass is 10.1. The van der Waals surface area contributed by atoms with E-state index in [-0.39, 0.29) is 43.8 Å². The second-order valence-corrected chi connectivity index (χ2v) is 9.34. The number of carboxylic acids is 1. The summed E-state index contributed by atoms with van der Waals surface area (Å²) >= 11 is 0. The fourth-order valence-corrected chi connectivity index (χ4v) is 4.19. The highest BCUT2D eigenvalue weighted by Crippen LogP contribution is 2.29. The number of hydrogen-bond acceptors (Lipinski definition) is 10. The van der Waals surface area contributed by atoms with Gasteiger partial charge in [-0.05, 0) is 31.4 Å². The van der Waals surface area contributed by atoms with Crippen LogP contribution in [0.4, 0.5) is 0 Å². The highest BCUT2D eigenvalue weighted by Gasteiger charge is 2.34. The van der Waals surface area contributed by atoms with Crippen molar-refractivity contribution < 1.29 is 53.1 Å². The standard InChI is InChI=1S/C27H34N2O11.2C2H6/c30-17-37-16-18-6-7-20(39-26-14-19(31)13-22(40-26)27(35)36)15-21(18)38-12-4-10-28-23(32)5-2-1-3-11-29-24(33)8-9-25(29)34;2*1-2/h6-9,15,17,19,22,26,31H,1-5,10-14,16H2,(H,28,32)(H,35,36);2*1-2H3. The van der Waals surface area contributed by atoms with Crippen LogP contribution < -0.4 is 14.8 Å². The van der Waals surface area contributed by atoms with E-state index in [1.165, 1.54) is 17.1 Å². The molecule has 13 nitrogen and oxygen atoms in total. The molecule has 0 aliphatic carbocycles. The van der Waals surface area contributed by atoms with Gasteiger partial charge in [0.2, 0.25) is 12.2 Å². The molecule has 1 aromatic carbocycles. The van der Waals surface area contributed by atoms with Gasteiger partial charge in [0.05, 0.1) is 12.7 Å². The molecule has 0 bridgehead atoms. The van der Waals surface area contributed by atoms with Crippen molar-refractivity contribution in [1.29, 1.82) is 0 Å². The third-order valence-electron chi connectivity index (χ3n) is 6.24. The highest BCUT2D eigenvalue weighted by molar-refractivity contribution is 6.12. The predicted octanol–water partition coefficient (Wildman–Crippen LogP) is 3.11. The van der Waals surface area contributed by atoms with Crippen LogP contribution in [0.2, 0.25) is 0 Å². The molecule has 0 radical (unpaired) electrons. The molecule has 3 rings (SSSR count). The number of aliphatic hydroxyl groups is 1. The Morgan fingerprint density at radius 3 is 2.41 bits per heavy atom. The first-order valence-corrected chi connectivity index (χ1v) is 15.1. The van der Waals surface area contributed by atoms with Crippen molar-refractivity contribution in [1.82, 2.24) is 10.2 Å². The normalized spacial score (nSPS) is 18.8. The Kier molecular flexibility index (Phi) is 18.7. The van der Waals surface area contributed by atoms with E-state index in [0.717, 1.165) is 0 Å². The minimum atomic E-state index is -1.18. The van der Waals surface area contributed by atoms with E-state index in [9.17, 15) is 34.2 Å². The Morgan fingerprint density at radius 1 is 1.05 bits per heavy atom. The number of rotatable bonds is 17. The van der Waals surface area contributed by atoms with Crippen LogP contribution in [0.15, 0.2) is 30.4 Å². The Balaban J connectivity index is 0.00000232. The summed E-state index contributed by atoms with van der Waals surface area (Å²) in [6, 6.07) is 4.78. The molecular formula is C31H46N2O11. The number of carboxylic acid groups (broad SMARTS) is 1. The molecule has 1 aromatic rings. The maximum absolute atomic E-state index is 12.1. The lowest BCUT2D eigenvalue weighted by Crippen LogP contribution is -2.42. The summed E-state index contributed by atoms with van der Waals surface area (Å²) in [5, 5.41) is 22.0. The van der Waals surface area contributed by atoms with Crippen LogP contribution in [0.5, 0.6) is 11.5 Å². The summed E-state index contributed by atoms with van der Waals surface area (Å²) in [5.74, 6) is -1.22. The topological polar surface area (TPSA) is 178 Å². The number of hydrogen-bond donors (Lipinski definition) is 3. The summed E-state index contributed by atoms with van der Waals surface area (Å²) < 4.78 is 21.8. The molecule has 0 saturated carbocycles. The number of ether oxygens (including phenoxy) is 4. The van der Waals surface area contributed by atoms with Gasteiger partial charge >= 0.3 is 5.97 Å².